The van der Waals surface area contributed by atoms with Crippen LogP contribution in [0.2, 0.25) is 0 Å². The van der Waals surface area contributed by atoms with Gasteiger partial charge in [0, 0.05) is 44.8 Å². The zero-order chi connectivity index (χ0) is 25.3. The second kappa shape index (κ2) is 14.0. The van der Waals surface area contributed by atoms with E-state index in [1.807, 2.05) is 18.2 Å². The second-order valence-corrected chi connectivity index (χ2v) is 9.00. The molecule has 6 nitrogen and oxygen atoms in total. The summed E-state index contributed by atoms with van der Waals surface area (Å²) in [5.41, 5.74) is 2.57. The largest absolute Gasteiger partial charge is 0.497 e. The first kappa shape index (κ1) is 28.4. The first-order chi connectivity index (χ1) is 17.5. The van der Waals surface area contributed by atoms with Crippen LogP contribution in [0, 0.1) is 5.82 Å². The van der Waals surface area contributed by atoms with E-state index in [1.54, 1.807) is 37.4 Å². The summed E-state index contributed by atoms with van der Waals surface area (Å²) in [5, 5.41) is 10.6. The van der Waals surface area contributed by atoms with Crippen molar-refractivity contribution in [1.82, 2.24) is 4.90 Å². The number of nitrogens with zero attached hydrogens (tertiary/aromatic N) is 2. The molecule has 1 heterocycles. The third-order valence-electron chi connectivity index (χ3n) is 6.45. The summed E-state index contributed by atoms with van der Waals surface area (Å²) in [6, 6.07) is 21.4. The summed E-state index contributed by atoms with van der Waals surface area (Å²) in [6.07, 6.45) is 0.158. The lowest BCUT2D eigenvalue weighted by atomic mass is 10.0. The van der Waals surface area contributed by atoms with Crippen molar-refractivity contribution >= 4 is 23.9 Å². The Morgan fingerprint density at radius 2 is 1.65 bits per heavy atom. The number of benzene rings is 3. The highest BCUT2D eigenvalue weighted by atomic mass is 35.5. The number of halogens is 2. The molecule has 0 aliphatic carbocycles. The number of carbonyl (C=O) groups is 1. The quantitative estimate of drug-likeness (QED) is 0.366. The molecule has 37 heavy (non-hydrogen) atoms. The molecular formula is C29H34ClFN2O4. The van der Waals surface area contributed by atoms with E-state index >= 15 is 0 Å². The van der Waals surface area contributed by atoms with Gasteiger partial charge in [-0.15, -0.1) is 12.4 Å². The molecule has 3 aromatic rings. The Morgan fingerprint density at radius 1 is 0.973 bits per heavy atom. The molecule has 4 rings (SSSR count). The van der Waals surface area contributed by atoms with Crippen LogP contribution in [0.25, 0.3) is 0 Å². The van der Waals surface area contributed by atoms with Crippen molar-refractivity contribution in [3.8, 4) is 11.5 Å². The number of methoxy groups -OCH3 is 1. The van der Waals surface area contributed by atoms with Gasteiger partial charge < -0.3 is 19.5 Å². The summed E-state index contributed by atoms with van der Waals surface area (Å²) in [4.78, 5) is 17.4. The maximum absolute atomic E-state index is 13.1. The third kappa shape index (κ3) is 8.18. The van der Waals surface area contributed by atoms with Gasteiger partial charge in [0.05, 0.1) is 12.7 Å². The summed E-state index contributed by atoms with van der Waals surface area (Å²) >= 11 is 0. The Balaban J connectivity index is 0.00000380. The number of aliphatic hydroxyl groups excluding tert-OH is 1. The Kier molecular flexibility index (Phi) is 10.7. The number of β-amino-alcohol motifs (C(OH)–C–C–N with tert-alkyl or cyclic N) is 1. The third-order valence-corrected chi connectivity index (χ3v) is 6.45. The number of carbonyl (C=O) groups excluding carboxylic acids is 1. The second-order valence-electron chi connectivity index (χ2n) is 9.00. The molecule has 0 spiro atoms. The van der Waals surface area contributed by atoms with Gasteiger partial charge in [0.1, 0.15) is 30.0 Å². The van der Waals surface area contributed by atoms with Crippen LogP contribution in [-0.2, 0) is 6.42 Å². The highest BCUT2D eigenvalue weighted by molar-refractivity contribution is 5.98. The van der Waals surface area contributed by atoms with Crippen LogP contribution in [-0.4, -0.2) is 68.3 Å². The van der Waals surface area contributed by atoms with Crippen LogP contribution in [0.1, 0.15) is 22.3 Å². The van der Waals surface area contributed by atoms with Crippen LogP contribution < -0.4 is 14.4 Å². The SMILES string of the molecule is COc1ccc(N2CCN(CC(O)COc3ccccc3C(=O)CCc3ccc(F)cc3)CC2)cc1.Cl. The predicted octanol–water partition coefficient (Wildman–Crippen LogP) is 4.63. The minimum absolute atomic E-state index is 0. The van der Waals surface area contributed by atoms with Gasteiger partial charge in [0.25, 0.3) is 0 Å². The minimum atomic E-state index is -0.667. The number of rotatable bonds is 11. The molecular weight excluding hydrogens is 495 g/mol. The van der Waals surface area contributed by atoms with E-state index in [2.05, 4.69) is 21.9 Å². The van der Waals surface area contributed by atoms with E-state index in [4.69, 9.17) is 9.47 Å². The topological polar surface area (TPSA) is 62.2 Å². The molecule has 0 bridgehead atoms. The van der Waals surface area contributed by atoms with Gasteiger partial charge in [-0.25, -0.2) is 4.39 Å². The predicted molar refractivity (Wildman–Crippen MR) is 146 cm³/mol. The monoisotopic (exact) mass is 528 g/mol. The zero-order valence-corrected chi connectivity index (χ0v) is 21.8. The van der Waals surface area contributed by atoms with Crippen molar-refractivity contribution in [3.05, 3.63) is 89.7 Å². The fourth-order valence-corrected chi connectivity index (χ4v) is 4.38. The fourth-order valence-electron chi connectivity index (χ4n) is 4.38. The van der Waals surface area contributed by atoms with Gasteiger partial charge in [0.15, 0.2) is 5.78 Å². The molecule has 1 saturated heterocycles. The Morgan fingerprint density at radius 3 is 2.32 bits per heavy atom. The standard InChI is InChI=1S/C29H33FN2O4.ClH/c1-35-26-13-11-24(12-14-26)32-18-16-31(17-19-32)20-25(33)21-36-29-5-3-2-4-27(29)28(34)15-8-22-6-9-23(30)10-7-22;/h2-7,9-14,25,33H,8,15-21H2,1H3;1H. The van der Waals surface area contributed by atoms with Crippen LogP contribution in [0.3, 0.4) is 0 Å². The maximum Gasteiger partial charge on any atom is 0.166 e. The first-order valence-corrected chi connectivity index (χ1v) is 12.3. The molecule has 8 heteroatoms. The Bertz CT molecular complexity index is 1120. The lowest BCUT2D eigenvalue weighted by Crippen LogP contribution is -2.49. The van der Waals surface area contributed by atoms with Crippen LogP contribution in [0.5, 0.6) is 11.5 Å². The van der Waals surface area contributed by atoms with Crippen molar-refractivity contribution in [2.24, 2.45) is 0 Å². The highest BCUT2D eigenvalue weighted by Crippen LogP contribution is 2.22. The molecule has 1 unspecified atom stereocenters. The number of hydrogen-bond donors (Lipinski definition) is 1. The van der Waals surface area contributed by atoms with Gasteiger partial charge in [-0.1, -0.05) is 24.3 Å². The number of ether oxygens (including phenoxy) is 2. The molecule has 0 amide bonds. The van der Waals surface area contributed by atoms with E-state index in [9.17, 15) is 14.3 Å². The van der Waals surface area contributed by atoms with Crippen LogP contribution in [0.4, 0.5) is 10.1 Å². The summed E-state index contributed by atoms with van der Waals surface area (Å²) < 4.78 is 24.2. The molecule has 0 saturated carbocycles. The average Bonchev–Trinajstić information content (AvgIpc) is 2.92. The zero-order valence-electron chi connectivity index (χ0n) is 21.0. The van der Waals surface area contributed by atoms with E-state index in [0.29, 0.717) is 30.7 Å². The summed E-state index contributed by atoms with van der Waals surface area (Å²) in [7, 11) is 1.66. The number of piperazine rings is 1. The molecule has 1 aliphatic rings. The molecule has 1 fully saturated rings. The Hall–Kier alpha value is -3.13. The van der Waals surface area contributed by atoms with Crippen molar-refractivity contribution < 1.29 is 23.8 Å². The van der Waals surface area contributed by atoms with Crippen molar-refractivity contribution in [2.45, 2.75) is 18.9 Å². The molecule has 1 atom stereocenters. The normalized spacial score (nSPS) is 14.5. The van der Waals surface area contributed by atoms with Gasteiger partial charge in [-0.05, 0) is 60.5 Å². The number of aryl methyl sites for hydroxylation is 1. The van der Waals surface area contributed by atoms with Gasteiger partial charge >= 0.3 is 0 Å². The molecule has 0 aromatic heterocycles. The summed E-state index contributed by atoms with van der Waals surface area (Å²) in [5.74, 6) is 0.988. The van der Waals surface area contributed by atoms with Gasteiger partial charge in [-0.2, -0.15) is 0 Å². The van der Waals surface area contributed by atoms with Gasteiger partial charge in [0.2, 0.25) is 0 Å². The minimum Gasteiger partial charge on any atom is -0.497 e. The van der Waals surface area contributed by atoms with E-state index in [-0.39, 0.29) is 30.6 Å². The molecule has 1 N–H and O–H groups in total. The molecule has 0 radical (unpaired) electrons. The number of para-hydroxylation sites is 1. The number of anilines is 1. The maximum atomic E-state index is 13.1. The Labute approximate surface area is 224 Å². The lowest BCUT2D eigenvalue weighted by Gasteiger charge is -2.36. The van der Waals surface area contributed by atoms with E-state index in [1.165, 1.54) is 17.8 Å². The fraction of sp³-hybridized carbons (Fsp3) is 0.345. The number of Topliss-reactive ketones (excluding diaryl/α,β-unsaturated/α-hetero) is 1. The average molecular weight is 529 g/mol. The van der Waals surface area contributed by atoms with Gasteiger partial charge in [-0.3, -0.25) is 9.69 Å². The summed E-state index contributed by atoms with van der Waals surface area (Å²) in [6.45, 7) is 4.08. The van der Waals surface area contributed by atoms with E-state index in [0.717, 1.165) is 37.5 Å². The van der Waals surface area contributed by atoms with Crippen molar-refractivity contribution in [3.63, 3.8) is 0 Å². The first-order valence-electron chi connectivity index (χ1n) is 12.3. The number of aliphatic hydroxyl groups is 1. The van der Waals surface area contributed by atoms with Crippen LogP contribution in [0.15, 0.2) is 72.8 Å². The highest BCUT2D eigenvalue weighted by Gasteiger charge is 2.20. The molecule has 198 valence electrons. The number of ketones is 1. The van der Waals surface area contributed by atoms with Crippen molar-refractivity contribution in [2.75, 3.05) is 51.3 Å². The molecule has 1 aliphatic heterocycles. The van der Waals surface area contributed by atoms with E-state index < -0.39 is 6.10 Å². The van der Waals surface area contributed by atoms with Crippen molar-refractivity contribution in [1.29, 1.82) is 0 Å². The molecule has 3 aromatic carbocycles. The number of hydrogen-bond acceptors (Lipinski definition) is 6. The smallest absolute Gasteiger partial charge is 0.166 e. The van der Waals surface area contributed by atoms with Crippen LogP contribution >= 0.6 is 12.4 Å². The lowest BCUT2D eigenvalue weighted by molar-refractivity contribution is 0.0655.